The highest BCUT2D eigenvalue weighted by atomic mass is 16.6. The zero-order valence-electron chi connectivity index (χ0n) is 28.0. The van der Waals surface area contributed by atoms with Crippen LogP contribution in [-0.4, -0.2) is 38.1 Å². The SMILES string of the molecule is CCC(COC(=O)NCc1cccc(COC#N)c1)(COC(=O)NCc1cccc(COC#N)c1)COC(=O)NCc1cccc(COC#N)c1. The van der Waals surface area contributed by atoms with E-state index in [2.05, 4.69) is 16.0 Å². The van der Waals surface area contributed by atoms with E-state index in [-0.39, 0.29) is 59.3 Å². The van der Waals surface area contributed by atoms with Crippen LogP contribution in [0.5, 0.6) is 0 Å². The molecule has 0 aliphatic carbocycles. The lowest BCUT2D eigenvalue weighted by Gasteiger charge is -2.31. The molecule has 3 amide bonds. The van der Waals surface area contributed by atoms with Gasteiger partial charge in [-0.2, -0.15) is 15.8 Å². The van der Waals surface area contributed by atoms with Crippen molar-refractivity contribution in [3.8, 4) is 18.8 Å². The molecule has 0 spiro atoms. The van der Waals surface area contributed by atoms with Gasteiger partial charge >= 0.3 is 18.3 Å². The first kappa shape index (κ1) is 38.8. The number of hydrogen-bond acceptors (Lipinski definition) is 12. The van der Waals surface area contributed by atoms with E-state index in [0.717, 1.165) is 33.4 Å². The number of benzene rings is 3. The van der Waals surface area contributed by atoms with Crippen molar-refractivity contribution in [2.75, 3.05) is 19.8 Å². The van der Waals surface area contributed by atoms with E-state index in [0.29, 0.717) is 6.42 Å². The highest BCUT2D eigenvalue weighted by Crippen LogP contribution is 2.25. The molecule has 0 bridgehead atoms. The highest BCUT2D eigenvalue weighted by Gasteiger charge is 2.34. The minimum atomic E-state index is -1.11. The number of alkyl carbamates (subject to hydrolysis) is 3. The van der Waals surface area contributed by atoms with Crippen LogP contribution in [0.3, 0.4) is 0 Å². The molecule has 0 unspecified atom stereocenters. The van der Waals surface area contributed by atoms with Crippen molar-refractivity contribution in [3.05, 3.63) is 106 Å². The number of carbonyl (C=O) groups is 3. The molecular weight excluding hydrogens is 660 g/mol. The molecule has 0 saturated heterocycles. The van der Waals surface area contributed by atoms with Crippen LogP contribution in [0.2, 0.25) is 0 Å². The Hall–Kier alpha value is -6.66. The Bertz CT molecular complexity index is 1530. The maximum absolute atomic E-state index is 12.7. The molecule has 0 radical (unpaired) electrons. The van der Waals surface area contributed by atoms with Crippen LogP contribution in [0.25, 0.3) is 0 Å². The molecule has 266 valence electrons. The molecule has 51 heavy (non-hydrogen) atoms. The summed E-state index contributed by atoms with van der Waals surface area (Å²) in [5.41, 5.74) is 3.39. The third kappa shape index (κ3) is 14.6. The summed E-state index contributed by atoms with van der Waals surface area (Å²) in [5, 5.41) is 33.9. The summed E-state index contributed by atoms with van der Waals surface area (Å²) in [6, 6.07) is 21.4. The molecule has 0 aliphatic rings. The summed E-state index contributed by atoms with van der Waals surface area (Å²) in [5.74, 6) is 0. The molecule has 0 heterocycles. The minimum Gasteiger partial charge on any atom is -0.449 e. The predicted octanol–water partition coefficient (Wildman–Crippen LogP) is 5.16. The molecule has 0 aromatic heterocycles. The molecule has 0 fully saturated rings. The van der Waals surface area contributed by atoms with Crippen molar-refractivity contribution < 1.29 is 42.8 Å². The fraction of sp³-hybridized carbons (Fsp3) is 0.333. The summed E-state index contributed by atoms with van der Waals surface area (Å²) in [4.78, 5) is 38.2. The molecule has 0 aliphatic heterocycles. The minimum absolute atomic E-state index is 0.0995. The molecule has 3 aromatic rings. The number of nitriles is 3. The van der Waals surface area contributed by atoms with Crippen LogP contribution in [0.4, 0.5) is 14.4 Å². The molecule has 0 saturated carbocycles. The summed E-state index contributed by atoms with van der Waals surface area (Å²) in [6.07, 6.45) is 2.89. The Kier molecular flexibility index (Phi) is 16.2. The fourth-order valence-corrected chi connectivity index (χ4v) is 4.60. The van der Waals surface area contributed by atoms with Gasteiger partial charge in [-0.1, -0.05) is 79.7 Å². The average molecular weight is 699 g/mol. The van der Waals surface area contributed by atoms with Gasteiger partial charge in [0.1, 0.15) is 39.6 Å². The van der Waals surface area contributed by atoms with Crippen molar-refractivity contribution in [2.45, 2.75) is 52.8 Å². The summed E-state index contributed by atoms with van der Waals surface area (Å²) in [7, 11) is 0. The number of nitrogens with zero attached hydrogens (tertiary/aromatic N) is 3. The van der Waals surface area contributed by atoms with E-state index in [1.807, 2.05) is 0 Å². The van der Waals surface area contributed by atoms with E-state index in [1.165, 1.54) is 0 Å². The molecule has 3 N–H and O–H groups in total. The average Bonchev–Trinajstić information content (AvgIpc) is 3.16. The van der Waals surface area contributed by atoms with Gasteiger partial charge in [-0.05, 0) is 39.8 Å². The molecule has 15 nitrogen and oxygen atoms in total. The normalized spacial score (nSPS) is 10.2. The van der Waals surface area contributed by atoms with Crippen molar-refractivity contribution in [1.82, 2.24) is 16.0 Å². The Morgan fingerprint density at radius 1 is 0.549 bits per heavy atom. The van der Waals surface area contributed by atoms with E-state index in [1.54, 1.807) is 98.5 Å². The highest BCUT2D eigenvalue weighted by molar-refractivity contribution is 5.68. The van der Waals surface area contributed by atoms with E-state index >= 15 is 0 Å². The third-order valence-electron chi connectivity index (χ3n) is 7.47. The zero-order chi connectivity index (χ0) is 36.7. The van der Waals surface area contributed by atoms with E-state index in [4.69, 9.17) is 44.2 Å². The second-order valence-corrected chi connectivity index (χ2v) is 11.2. The van der Waals surface area contributed by atoms with Crippen LogP contribution in [-0.2, 0) is 67.9 Å². The van der Waals surface area contributed by atoms with Crippen LogP contribution in [0.1, 0.15) is 46.7 Å². The molecule has 3 aromatic carbocycles. The maximum Gasteiger partial charge on any atom is 0.407 e. The van der Waals surface area contributed by atoms with Gasteiger partial charge in [0.15, 0.2) is 0 Å². The Labute approximate surface area is 295 Å². The van der Waals surface area contributed by atoms with Gasteiger partial charge in [-0.25, -0.2) is 14.4 Å². The van der Waals surface area contributed by atoms with Crippen LogP contribution in [0.15, 0.2) is 72.8 Å². The van der Waals surface area contributed by atoms with Crippen LogP contribution < -0.4 is 16.0 Å². The van der Waals surface area contributed by atoms with Gasteiger partial charge in [0, 0.05) is 19.6 Å². The standard InChI is InChI=1S/C36H38N6O9/c1-2-36(21-49-33(43)40-15-27-6-3-9-30(12-27)18-46-24-37,22-50-34(44)41-16-28-7-4-10-31(13-28)19-47-25-38)23-51-35(45)42-17-29-8-5-11-32(14-29)20-48-26-39/h3-14H,2,15-23H2,1H3,(H,40,43)(H,41,44)(H,42,45). The number of ether oxygens (including phenoxy) is 6. The summed E-state index contributed by atoms with van der Waals surface area (Å²) in [6.45, 7) is 1.70. The fourth-order valence-electron chi connectivity index (χ4n) is 4.60. The van der Waals surface area contributed by atoms with Gasteiger partial charge in [0.2, 0.25) is 0 Å². The van der Waals surface area contributed by atoms with Crippen molar-refractivity contribution in [1.29, 1.82) is 15.8 Å². The number of carbonyl (C=O) groups excluding carboxylic acids is 3. The second-order valence-electron chi connectivity index (χ2n) is 11.2. The van der Waals surface area contributed by atoms with Gasteiger partial charge < -0.3 is 44.4 Å². The smallest absolute Gasteiger partial charge is 0.407 e. The lowest BCUT2D eigenvalue weighted by atomic mass is 9.88. The summed E-state index contributed by atoms with van der Waals surface area (Å²) < 4.78 is 30.8. The summed E-state index contributed by atoms with van der Waals surface area (Å²) >= 11 is 0. The lowest BCUT2D eigenvalue weighted by molar-refractivity contribution is -0.0177. The topological polar surface area (TPSA) is 214 Å². The van der Waals surface area contributed by atoms with Gasteiger partial charge in [0.25, 0.3) is 18.8 Å². The molecule has 15 heteroatoms. The van der Waals surface area contributed by atoms with E-state index < -0.39 is 23.7 Å². The molecule has 0 atom stereocenters. The number of hydrogen-bond donors (Lipinski definition) is 3. The molecule has 3 rings (SSSR count). The molecular formula is C36H38N6O9. The Morgan fingerprint density at radius 3 is 1.12 bits per heavy atom. The third-order valence-corrected chi connectivity index (χ3v) is 7.47. The van der Waals surface area contributed by atoms with Crippen LogP contribution in [0, 0.1) is 40.0 Å². The predicted molar refractivity (Wildman–Crippen MR) is 178 cm³/mol. The number of amides is 3. The largest absolute Gasteiger partial charge is 0.449 e. The Morgan fingerprint density at radius 2 is 0.843 bits per heavy atom. The number of nitrogens with one attached hydrogen (secondary N) is 3. The Balaban J connectivity index is 1.60. The second kappa shape index (κ2) is 21.3. The van der Waals surface area contributed by atoms with Gasteiger partial charge in [0.05, 0.1) is 5.41 Å². The first-order chi connectivity index (χ1) is 24.8. The van der Waals surface area contributed by atoms with Crippen molar-refractivity contribution in [3.63, 3.8) is 0 Å². The first-order valence-corrected chi connectivity index (χ1v) is 15.8. The van der Waals surface area contributed by atoms with Gasteiger partial charge in [-0.3, -0.25) is 0 Å². The lowest BCUT2D eigenvalue weighted by Crippen LogP contribution is -2.42. The van der Waals surface area contributed by atoms with Crippen molar-refractivity contribution in [2.24, 2.45) is 5.41 Å². The van der Waals surface area contributed by atoms with Crippen molar-refractivity contribution >= 4 is 18.3 Å². The maximum atomic E-state index is 12.7. The zero-order valence-corrected chi connectivity index (χ0v) is 28.0. The van der Waals surface area contributed by atoms with Crippen LogP contribution >= 0.6 is 0 Å². The monoisotopic (exact) mass is 698 g/mol. The van der Waals surface area contributed by atoms with Gasteiger partial charge in [-0.15, -0.1) is 0 Å². The number of rotatable bonds is 19. The quantitative estimate of drug-likeness (QED) is 0.109. The van der Waals surface area contributed by atoms with E-state index in [9.17, 15) is 14.4 Å². The first-order valence-electron chi connectivity index (χ1n) is 15.8.